The lowest BCUT2D eigenvalue weighted by Gasteiger charge is -2.07. The van der Waals surface area contributed by atoms with E-state index in [1.165, 1.54) is 11.3 Å². The van der Waals surface area contributed by atoms with Gasteiger partial charge in [-0.05, 0) is 41.6 Å². The monoisotopic (exact) mass is 378 g/mol. The van der Waals surface area contributed by atoms with Gasteiger partial charge in [-0.15, -0.1) is 22.7 Å². The van der Waals surface area contributed by atoms with Gasteiger partial charge in [0.25, 0.3) is 0 Å². The molecular weight excluding hydrogens is 364 g/mol. The van der Waals surface area contributed by atoms with Crippen molar-refractivity contribution in [2.24, 2.45) is 0 Å². The third-order valence-electron chi connectivity index (χ3n) is 3.54. The van der Waals surface area contributed by atoms with E-state index in [-0.39, 0.29) is 15.5 Å². The summed E-state index contributed by atoms with van der Waals surface area (Å²) in [4.78, 5) is 13.5. The minimum Gasteiger partial charge on any atom is -0.477 e. The molecule has 124 valence electrons. The molecule has 7 heteroatoms. The molecule has 0 fully saturated rings. The maximum Gasteiger partial charge on any atom is 0.346 e. The zero-order valence-electron chi connectivity index (χ0n) is 12.7. The van der Waals surface area contributed by atoms with E-state index in [9.17, 15) is 18.3 Å². The van der Waals surface area contributed by atoms with Crippen LogP contribution in [0, 0.1) is 6.92 Å². The highest BCUT2D eigenvalue weighted by Gasteiger charge is 2.24. The average molecular weight is 378 g/mol. The molecule has 0 atom stereocenters. The molecule has 2 aromatic heterocycles. The van der Waals surface area contributed by atoms with Crippen molar-refractivity contribution in [1.29, 1.82) is 0 Å². The largest absolute Gasteiger partial charge is 0.477 e. The summed E-state index contributed by atoms with van der Waals surface area (Å²) < 4.78 is 25.4. The molecule has 2 heterocycles. The summed E-state index contributed by atoms with van der Waals surface area (Å²) >= 11 is 2.61. The van der Waals surface area contributed by atoms with Crippen molar-refractivity contribution in [3.63, 3.8) is 0 Å². The van der Waals surface area contributed by atoms with Gasteiger partial charge < -0.3 is 5.11 Å². The van der Waals surface area contributed by atoms with Crippen molar-refractivity contribution in [1.82, 2.24) is 0 Å². The summed E-state index contributed by atoms with van der Waals surface area (Å²) in [6.07, 6.45) is 0. The van der Waals surface area contributed by atoms with Crippen molar-refractivity contribution in [2.45, 2.75) is 17.6 Å². The van der Waals surface area contributed by atoms with E-state index in [0.717, 1.165) is 21.1 Å². The minimum absolute atomic E-state index is 0.0792. The molecule has 3 rings (SSSR count). The second-order valence-corrected chi connectivity index (χ2v) is 9.23. The van der Waals surface area contributed by atoms with Crippen LogP contribution in [0.4, 0.5) is 0 Å². The zero-order valence-corrected chi connectivity index (χ0v) is 15.2. The van der Waals surface area contributed by atoms with Crippen molar-refractivity contribution < 1.29 is 18.3 Å². The van der Waals surface area contributed by atoms with Crippen molar-refractivity contribution in [3.05, 3.63) is 63.8 Å². The molecule has 4 nitrogen and oxygen atoms in total. The van der Waals surface area contributed by atoms with E-state index >= 15 is 0 Å². The third-order valence-corrected chi connectivity index (χ3v) is 7.59. The highest BCUT2D eigenvalue weighted by molar-refractivity contribution is 7.90. The fourth-order valence-corrected chi connectivity index (χ4v) is 6.02. The predicted molar refractivity (Wildman–Crippen MR) is 96.7 cm³/mol. The van der Waals surface area contributed by atoms with Crippen LogP contribution in [-0.4, -0.2) is 19.5 Å². The molecule has 0 unspecified atom stereocenters. The molecule has 0 aliphatic carbocycles. The smallest absolute Gasteiger partial charge is 0.346 e. The summed E-state index contributed by atoms with van der Waals surface area (Å²) in [7, 11) is -3.61. The molecule has 3 aromatic rings. The van der Waals surface area contributed by atoms with E-state index in [1.54, 1.807) is 37.3 Å². The first-order valence-electron chi connectivity index (χ1n) is 7.07. The summed E-state index contributed by atoms with van der Waals surface area (Å²) in [5, 5.41) is 11.3. The zero-order chi connectivity index (χ0) is 17.3. The Kier molecular flexibility index (Phi) is 4.58. The van der Waals surface area contributed by atoms with Crippen LogP contribution >= 0.6 is 22.7 Å². The number of carboxylic acids is 1. The van der Waals surface area contributed by atoms with Crippen molar-refractivity contribution in [3.8, 4) is 9.75 Å². The number of benzene rings is 1. The fourth-order valence-electron chi connectivity index (χ4n) is 2.45. The van der Waals surface area contributed by atoms with Crippen LogP contribution < -0.4 is 0 Å². The first kappa shape index (κ1) is 16.9. The number of carbonyl (C=O) groups is 1. The maximum absolute atomic E-state index is 12.7. The molecular formula is C17H14O4S3. The summed E-state index contributed by atoms with van der Waals surface area (Å²) in [5.41, 5.74) is 0.988. The van der Waals surface area contributed by atoms with Crippen LogP contribution in [0.3, 0.4) is 0 Å². The number of sulfone groups is 1. The quantitative estimate of drug-likeness (QED) is 0.712. The highest BCUT2D eigenvalue weighted by atomic mass is 32.2. The lowest BCUT2D eigenvalue weighted by molar-refractivity contribution is 0.0701. The Labute approximate surface area is 148 Å². The Bertz CT molecular complexity index is 983. The number of aryl methyl sites for hydroxylation is 1. The molecule has 0 radical (unpaired) electrons. The molecule has 1 N–H and O–H groups in total. The molecule has 0 bridgehead atoms. The van der Waals surface area contributed by atoms with Gasteiger partial charge in [0, 0.05) is 9.75 Å². The number of hydrogen-bond acceptors (Lipinski definition) is 5. The SMILES string of the molecule is Cc1ccccc1S(=O)(=O)Cc1cc(-c2cccs2)sc1C(=O)O. The summed E-state index contributed by atoms with van der Waals surface area (Å²) in [6, 6.07) is 12.2. The maximum atomic E-state index is 12.7. The second kappa shape index (κ2) is 6.51. The lowest BCUT2D eigenvalue weighted by atomic mass is 10.2. The molecule has 0 saturated heterocycles. The van der Waals surface area contributed by atoms with Crippen LogP contribution in [0.15, 0.2) is 52.7 Å². The first-order chi connectivity index (χ1) is 11.4. The molecule has 0 aliphatic rings. The third kappa shape index (κ3) is 3.28. The number of rotatable bonds is 5. The predicted octanol–water partition coefficient (Wildman–Crippen LogP) is 4.46. The Balaban J connectivity index is 2.03. The van der Waals surface area contributed by atoms with Crippen LogP contribution in [0.1, 0.15) is 20.8 Å². The first-order valence-corrected chi connectivity index (χ1v) is 10.4. The number of hydrogen-bond donors (Lipinski definition) is 1. The summed E-state index contributed by atoms with van der Waals surface area (Å²) in [6.45, 7) is 1.73. The number of thiophene rings is 2. The molecule has 0 aliphatic heterocycles. The van der Waals surface area contributed by atoms with Gasteiger partial charge in [-0.25, -0.2) is 13.2 Å². The number of carboxylic acid groups (broad SMARTS) is 1. The fraction of sp³-hybridized carbons (Fsp3) is 0.118. The van der Waals surface area contributed by atoms with Gasteiger partial charge in [-0.1, -0.05) is 24.3 Å². The second-order valence-electron chi connectivity index (χ2n) is 5.27. The Morgan fingerprint density at radius 2 is 1.88 bits per heavy atom. The van der Waals surface area contributed by atoms with Gasteiger partial charge in [-0.3, -0.25) is 0 Å². The van der Waals surface area contributed by atoms with Gasteiger partial charge in [0.05, 0.1) is 10.6 Å². The molecule has 0 amide bonds. The van der Waals surface area contributed by atoms with E-state index in [0.29, 0.717) is 11.1 Å². The van der Waals surface area contributed by atoms with E-state index < -0.39 is 15.8 Å². The normalized spacial score (nSPS) is 11.5. The van der Waals surface area contributed by atoms with Crippen molar-refractivity contribution >= 4 is 38.5 Å². The molecule has 1 aromatic carbocycles. The Morgan fingerprint density at radius 3 is 2.50 bits per heavy atom. The van der Waals surface area contributed by atoms with Crippen LogP contribution in [0.25, 0.3) is 9.75 Å². The highest BCUT2D eigenvalue weighted by Crippen LogP contribution is 2.36. The van der Waals surface area contributed by atoms with Gasteiger partial charge >= 0.3 is 5.97 Å². The van der Waals surface area contributed by atoms with E-state index in [2.05, 4.69) is 0 Å². The van der Waals surface area contributed by atoms with Gasteiger partial charge in [0.1, 0.15) is 4.88 Å². The van der Waals surface area contributed by atoms with Crippen LogP contribution in [0.2, 0.25) is 0 Å². The van der Waals surface area contributed by atoms with Gasteiger partial charge in [0.2, 0.25) is 0 Å². The molecule has 0 spiro atoms. The standard InChI is InChI=1S/C17H14O4S3/c1-11-5-2-3-7-15(11)24(20,21)10-12-9-14(13-6-4-8-22-13)23-16(12)17(18)19/h2-9H,10H2,1H3,(H,18,19). The number of aromatic carboxylic acids is 1. The molecule has 0 saturated carbocycles. The van der Waals surface area contributed by atoms with Crippen LogP contribution in [-0.2, 0) is 15.6 Å². The van der Waals surface area contributed by atoms with Gasteiger partial charge in [-0.2, -0.15) is 0 Å². The Hall–Kier alpha value is -1.96. The van der Waals surface area contributed by atoms with Crippen molar-refractivity contribution in [2.75, 3.05) is 0 Å². The summed E-state index contributed by atoms with van der Waals surface area (Å²) in [5.74, 6) is -1.42. The Morgan fingerprint density at radius 1 is 1.12 bits per heavy atom. The average Bonchev–Trinajstić information content (AvgIpc) is 3.16. The molecule has 24 heavy (non-hydrogen) atoms. The van der Waals surface area contributed by atoms with Gasteiger partial charge in [0.15, 0.2) is 9.84 Å². The topological polar surface area (TPSA) is 71.4 Å². The van der Waals surface area contributed by atoms with Crippen LogP contribution in [0.5, 0.6) is 0 Å². The van der Waals surface area contributed by atoms with E-state index in [4.69, 9.17) is 0 Å². The minimum atomic E-state index is -3.61. The lowest BCUT2D eigenvalue weighted by Crippen LogP contribution is -2.08. The van der Waals surface area contributed by atoms with E-state index in [1.807, 2.05) is 17.5 Å².